The van der Waals surface area contributed by atoms with E-state index in [2.05, 4.69) is 11.4 Å². The zero-order chi connectivity index (χ0) is 22.3. The van der Waals surface area contributed by atoms with Gasteiger partial charge < -0.3 is 5.32 Å². The lowest BCUT2D eigenvalue weighted by atomic mass is 10.00. The lowest BCUT2D eigenvalue weighted by Gasteiger charge is -2.32. The number of amides is 1. The van der Waals surface area contributed by atoms with Crippen molar-refractivity contribution in [3.63, 3.8) is 0 Å². The molecule has 1 amide bonds. The van der Waals surface area contributed by atoms with Crippen LogP contribution in [0.1, 0.15) is 35.2 Å². The predicted molar refractivity (Wildman–Crippen MR) is 124 cm³/mol. The first kappa shape index (κ1) is 21.1. The Morgan fingerprint density at radius 1 is 0.935 bits per heavy atom. The molecule has 0 spiro atoms. The fourth-order valence-electron chi connectivity index (χ4n) is 4.22. The number of nitrogens with zero attached hydrogens (tertiary/aromatic N) is 1. The van der Waals surface area contributed by atoms with E-state index in [9.17, 15) is 13.2 Å². The minimum absolute atomic E-state index is 0.225. The number of fused-ring (bicyclic) bond motifs is 3. The molecule has 5 nitrogen and oxygen atoms in total. The van der Waals surface area contributed by atoms with Crippen molar-refractivity contribution in [1.82, 2.24) is 5.32 Å². The van der Waals surface area contributed by atoms with Crippen molar-refractivity contribution in [1.29, 1.82) is 0 Å². The fourth-order valence-corrected chi connectivity index (χ4v) is 5.87. The number of aryl methyl sites for hydroxylation is 3. The molecule has 1 aliphatic rings. The molecule has 6 heteroatoms. The quantitative estimate of drug-likeness (QED) is 0.649. The van der Waals surface area contributed by atoms with E-state index in [1.54, 1.807) is 18.2 Å². The summed E-state index contributed by atoms with van der Waals surface area (Å²) in [5.74, 6) is -0.345. The number of hydrogen-bond donors (Lipinski definition) is 1. The summed E-state index contributed by atoms with van der Waals surface area (Å²) in [4.78, 5) is 13.2. The molecule has 0 saturated carbocycles. The Morgan fingerprint density at radius 3 is 2.35 bits per heavy atom. The molecule has 3 aromatic rings. The molecular weight excluding hydrogens is 408 g/mol. The van der Waals surface area contributed by atoms with Crippen molar-refractivity contribution < 1.29 is 13.2 Å². The Labute approximate surface area is 183 Å². The van der Waals surface area contributed by atoms with E-state index in [1.807, 2.05) is 64.1 Å². The highest BCUT2D eigenvalue weighted by Gasteiger charge is 2.36. The Balaban J connectivity index is 1.66. The summed E-state index contributed by atoms with van der Waals surface area (Å²) in [5.41, 5.74) is 6.31. The number of sulfonamides is 1. The normalized spacial score (nSPS) is 15.0. The van der Waals surface area contributed by atoms with Gasteiger partial charge in [-0.1, -0.05) is 53.6 Å². The first-order valence-electron chi connectivity index (χ1n) is 10.3. The van der Waals surface area contributed by atoms with Gasteiger partial charge in [-0.15, -0.1) is 0 Å². The SMILES string of the molecule is Cc1ccc([C@H](C)NC(=O)CN2c3ccc(C)cc3-c3ccccc3S2(=O)=O)c(C)c1. The molecule has 0 aliphatic carbocycles. The van der Waals surface area contributed by atoms with Crippen LogP contribution in [0.5, 0.6) is 0 Å². The first-order valence-corrected chi connectivity index (χ1v) is 11.7. The lowest BCUT2D eigenvalue weighted by Crippen LogP contribution is -2.43. The van der Waals surface area contributed by atoms with Gasteiger partial charge in [-0.3, -0.25) is 9.10 Å². The summed E-state index contributed by atoms with van der Waals surface area (Å²) < 4.78 is 28.0. The third-order valence-electron chi connectivity index (χ3n) is 5.72. The highest BCUT2D eigenvalue weighted by molar-refractivity contribution is 7.93. The van der Waals surface area contributed by atoms with Gasteiger partial charge in [0.15, 0.2) is 0 Å². The summed E-state index contributed by atoms with van der Waals surface area (Å²) in [7, 11) is -3.85. The minimum Gasteiger partial charge on any atom is -0.348 e. The Bertz CT molecular complexity index is 1280. The van der Waals surface area contributed by atoms with E-state index in [0.717, 1.165) is 27.8 Å². The van der Waals surface area contributed by atoms with Gasteiger partial charge in [0.05, 0.1) is 16.6 Å². The summed E-state index contributed by atoms with van der Waals surface area (Å²) in [6.45, 7) is 7.64. The molecule has 1 aliphatic heterocycles. The van der Waals surface area contributed by atoms with E-state index < -0.39 is 10.0 Å². The highest BCUT2D eigenvalue weighted by atomic mass is 32.2. The average molecular weight is 435 g/mol. The summed E-state index contributed by atoms with van der Waals surface area (Å²) in [6.07, 6.45) is 0. The third-order valence-corrected chi connectivity index (χ3v) is 7.54. The van der Waals surface area contributed by atoms with E-state index in [-0.39, 0.29) is 23.4 Å². The van der Waals surface area contributed by atoms with Gasteiger partial charge >= 0.3 is 0 Å². The zero-order valence-corrected chi connectivity index (χ0v) is 19.0. The molecule has 1 N–H and O–H groups in total. The second-order valence-corrected chi connectivity index (χ2v) is 10.0. The van der Waals surface area contributed by atoms with Crippen LogP contribution in [0, 0.1) is 20.8 Å². The van der Waals surface area contributed by atoms with Crippen LogP contribution < -0.4 is 9.62 Å². The number of anilines is 1. The number of carbonyl (C=O) groups excluding carboxylic acids is 1. The molecule has 160 valence electrons. The summed E-state index contributed by atoms with van der Waals surface area (Å²) in [5, 5.41) is 2.96. The molecule has 1 heterocycles. The van der Waals surface area contributed by atoms with Crippen LogP contribution in [0.3, 0.4) is 0 Å². The van der Waals surface area contributed by atoms with E-state index in [4.69, 9.17) is 0 Å². The van der Waals surface area contributed by atoms with E-state index in [1.165, 1.54) is 4.31 Å². The monoisotopic (exact) mass is 434 g/mol. The van der Waals surface area contributed by atoms with Crippen molar-refractivity contribution in [3.05, 3.63) is 82.9 Å². The number of rotatable bonds is 4. The smallest absolute Gasteiger partial charge is 0.265 e. The van der Waals surface area contributed by atoms with Crippen LogP contribution in [0.15, 0.2) is 65.6 Å². The molecule has 1 atom stereocenters. The van der Waals surface area contributed by atoms with Crippen LogP contribution in [0.25, 0.3) is 11.1 Å². The van der Waals surface area contributed by atoms with Crippen LogP contribution in [0.2, 0.25) is 0 Å². The van der Waals surface area contributed by atoms with E-state index in [0.29, 0.717) is 11.3 Å². The van der Waals surface area contributed by atoms with Crippen molar-refractivity contribution >= 4 is 21.6 Å². The summed E-state index contributed by atoms with van der Waals surface area (Å²) in [6, 6.07) is 18.4. The Hall–Kier alpha value is -3.12. The number of benzene rings is 3. The predicted octanol–water partition coefficient (Wildman–Crippen LogP) is 4.66. The minimum atomic E-state index is -3.85. The van der Waals surface area contributed by atoms with Crippen LogP contribution >= 0.6 is 0 Å². The third kappa shape index (κ3) is 3.83. The molecule has 0 saturated heterocycles. The maximum absolute atomic E-state index is 13.4. The van der Waals surface area contributed by atoms with Gasteiger partial charge in [0.1, 0.15) is 6.54 Å². The topological polar surface area (TPSA) is 66.5 Å². The number of carbonyl (C=O) groups is 1. The fraction of sp³-hybridized carbons (Fsp3) is 0.240. The zero-order valence-electron chi connectivity index (χ0n) is 18.1. The van der Waals surface area contributed by atoms with Crippen molar-refractivity contribution in [2.24, 2.45) is 0 Å². The molecular formula is C25H26N2O3S. The van der Waals surface area contributed by atoms with Gasteiger partial charge in [0, 0.05) is 11.1 Å². The van der Waals surface area contributed by atoms with Gasteiger partial charge in [-0.25, -0.2) is 8.42 Å². The first-order chi connectivity index (χ1) is 14.7. The maximum atomic E-state index is 13.4. The molecule has 0 unspecified atom stereocenters. The summed E-state index contributed by atoms with van der Waals surface area (Å²) >= 11 is 0. The van der Waals surface area contributed by atoms with Crippen molar-refractivity contribution in [2.75, 3.05) is 10.8 Å². The van der Waals surface area contributed by atoms with Crippen LogP contribution in [0.4, 0.5) is 5.69 Å². The molecule has 3 aromatic carbocycles. The molecule has 4 rings (SSSR count). The Kier molecular flexibility index (Phi) is 5.35. The van der Waals surface area contributed by atoms with Crippen LogP contribution in [-0.4, -0.2) is 20.9 Å². The number of hydrogen-bond acceptors (Lipinski definition) is 3. The molecule has 0 bridgehead atoms. The average Bonchev–Trinajstić information content (AvgIpc) is 2.71. The highest BCUT2D eigenvalue weighted by Crippen LogP contribution is 2.43. The van der Waals surface area contributed by atoms with Crippen LogP contribution in [-0.2, 0) is 14.8 Å². The molecule has 31 heavy (non-hydrogen) atoms. The number of nitrogens with one attached hydrogen (secondary N) is 1. The Morgan fingerprint density at radius 2 is 1.61 bits per heavy atom. The van der Waals surface area contributed by atoms with E-state index >= 15 is 0 Å². The second-order valence-electron chi connectivity index (χ2n) is 8.18. The lowest BCUT2D eigenvalue weighted by molar-refractivity contribution is -0.120. The van der Waals surface area contributed by atoms with Gasteiger partial charge in [0.25, 0.3) is 10.0 Å². The van der Waals surface area contributed by atoms with Gasteiger partial charge in [0.2, 0.25) is 5.91 Å². The van der Waals surface area contributed by atoms with Crippen molar-refractivity contribution in [2.45, 2.75) is 38.6 Å². The molecule has 0 radical (unpaired) electrons. The standard InChI is InChI=1S/C25H26N2O3S/c1-16-9-11-20(18(3)13-16)19(4)26-25(28)15-27-23-12-10-17(2)14-22(23)21-7-5-6-8-24(21)31(27,29)30/h5-14,19H,15H2,1-4H3,(H,26,28)/t19-/m0/s1. The molecule has 0 aromatic heterocycles. The largest absolute Gasteiger partial charge is 0.348 e. The van der Waals surface area contributed by atoms with Gasteiger partial charge in [-0.2, -0.15) is 0 Å². The second kappa shape index (κ2) is 7.85. The van der Waals surface area contributed by atoms with Crippen molar-refractivity contribution in [3.8, 4) is 11.1 Å². The molecule has 0 fully saturated rings. The van der Waals surface area contributed by atoms with Gasteiger partial charge in [-0.05, 0) is 57.0 Å². The maximum Gasteiger partial charge on any atom is 0.265 e.